The third-order valence-corrected chi connectivity index (χ3v) is 5.31. The number of nitrogens with zero attached hydrogens (tertiary/aromatic N) is 1. The highest BCUT2D eigenvalue weighted by Crippen LogP contribution is 2.33. The van der Waals surface area contributed by atoms with E-state index in [4.69, 9.17) is 11.6 Å². The van der Waals surface area contributed by atoms with Crippen LogP contribution in [-0.4, -0.2) is 29.8 Å². The molecule has 1 aliphatic heterocycles. The molecule has 3 rings (SSSR count). The fraction of sp³-hybridized carbons (Fsp3) is 0.150. The van der Waals surface area contributed by atoms with E-state index in [-0.39, 0.29) is 22.8 Å². The number of carbonyl (C=O) groups excluding carboxylic acids is 3. The molecule has 2 aromatic rings. The van der Waals surface area contributed by atoms with Crippen LogP contribution >= 0.6 is 27.5 Å². The van der Waals surface area contributed by atoms with E-state index in [0.717, 1.165) is 0 Å². The third kappa shape index (κ3) is 4.65. The topological polar surface area (TPSA) is 75.7 Å². The summed E-state index contributed by atoms with van der Waals surface area (Å²) in [4.78, 5) is 38.0. The molecule has 0 aliphatic carbocycles. The lowest BCUT2D eigenvalue weighted by molar-refractivity contribution is -0.116. The van der Waals surface area contributed by atoms with Crippen LogP contribution in [0.25, 0.3) is 0 Å². The Morgan fingerprint density at radius 2 is 1.97 bits per heavy atom. The summed E-state index contributed by atoms with van der Waals surface area (Å²) in [5.74, 6) is -1.21. The van der Waals surface area contributed by atoms with Crippen LogP contribution in [-0.2, 0) is 9.53 Å². The molecule has 150 valence electrons. The number of methoxy groups -OCH3 is 1. The number of rotatable bonds is 3. The molecule has 6 nitrogen and oxygen atoms in total. The highest BCUT2D eigenvalue weighted by Gasteiger charge is 2.29. The van der Waals surface area contributed by atoms with Crippen molar-refractivity contribution in [3.05, 3.63) is 75.1 Å². The molecule has 1 N–H and O–H groups in total. The summed E-state index contributed by atoms with van der Waals surface area (Å²) in [5.41, 5.74) is 1.000. The number of halogens is 3. The Kier molecular flexibility index (Phi) is 6.34. The minimum absolute atomic E-state index is 0.0603. The van der Waals surface area contributed by atoms with Gasteiger partial charge in [-0.1, -0.05) is 23.7 Å². The number of benzene rings is 2. The molecule has 2 amide bonds. The van der Waals surface area contributed by atoms with E-state index in [1.54, 1.807) is 0 Å². The monoisotopic (exact) mass is 480 g/mol. The van der Waals surface area contributed by atoms with Crippen molar-refractivity contribution in [1.29, 1.82) is 0 Å². The van der Waals surface area contributed by atoms with Crippen molar-refractivity contribution in [3.63, 3.8) is 0 Å². The second kappa shape index (κ2) is 8.75. The van der Waals surface area contributed by atoms with Gasteiger partial charge in [0, 0.05) is 17.1 Å². The summed E-state index contributed by atoms with van der Waals surface area (Å²) in [6.45, 7) is 0. The molecule has 0 saturated heterocycles. The molecular weight excluding hydrogens is 467 g/mol. The minimum Gasteiger partial charge on any atom is -0.465 e. The molecule has 0 saturated carbocycles. The van der Waals surface area contributed by atoms with Crippen LogP contribution in [0.15, 0.2) is 53.1 Å². The third-order valence-electron chi connectivity index (χ3n) is 4.34. The average Bonchev–Trinajstić information content (AvgIpc) is 2.69. The van der Waals surface area contributed by atoms with Gasteiger partial charge >= 0.3 is 12.0 Å². The van der Waals surface area contributed by atoms with Crippen LogP contribution in [0.5, 0.6) is 0 Å². The normalized spacial score (nSPS) is 15.9. The number of allylic oxidation sites excluding steroid dienone is 1. The Morgan fingerprint density at radius 1 is 1.28 bits per heavy atom. The number of esters is 1. The fourth-order valence-corrected chi connectivity index (χ4v) is 3.70. The minimum atomic E-state index is -0.648. The van der Waals surface area contributed by atoms with Crippen molar-refractivity contribution in [1.82, 2.24) is 4.90 Å². The first-order valence-electron chi connectivity index (χ1n) is 8.43. The quantitative estimate of drug-likeness (QED) is 0.620. The van der Waals surface area contributed by atoms with Crippen LogP contribution in [0.1, 0.15) is 28.4 Å². The molecule has 1 heterocycles. The van der Waals surface area contributed by atoms with E-state index in [1.165, 1.54) is 60.7 Å². The maximum atomic E-state index is 13.3. The van der Waals surface area contributed by atoms with Gasteiger partial charge in [0.2, 0.25) is 0 Å². The van der Waals surface area contributed by atoms with Gasteiger partial charge in [-0.15, -0.1) is 0 Å². The van der Waals surface area contributed by atoms with E-state index < -0.39 is 23.9 Å². The lowest BCUT2D eigenvalue weighted by atomic mass is 9.97. The van der Waals surface area contributed by atoms with Gasteiger partial charge in [-0.2, -0.15) is 0 Å². The molecule has 9 heteroatoms. The number of hydrogen-bond acceptors (Lipinski definition) is 4. The van der Waals surface area contributed by atoms with Crippen molar-refractivity contribution in [2.45, 2.75) is 12.5 Å². The summed E-state index contributed by atoms with van der Waals surface area (Å²) in [5, 5.41) is 2.85. The predicted molar refractivity (Wildman–Crippen MR) is 109 cm³/mol. The van der Waals surface area contributed by atoms with Gasteiger partial charge in [-0.05, 0) is 51.8 Å². The number of amides is 2. The second-order valence-corrected chi connectivity index (χ2v) is 7.46. The lowest BCUT2D eigenvalue weighted by Gasteiger charge is -2.31. The average molecular weight is 482 g/mol. The van der Waals surface area contributed by atoms with E-state index in [2.05, 4.69) is 26.0 Å². The Morgan fingerprint density at radius 3 is 2.62 bits per heavy atom. The zero-order chi connectivity index (χ0) is 21.1. The molecule has 2 aromatic carbocycles. The number of urea groups is 1. The molecular formula is C20H15BrClFN2O4. The second-order valence-electron chi connectivity index (χ2n) is 6.19. The molecule has 0 bridgehead atoms. The SMILES string of the molecule is COC(=O)c1cc(NC(=O)N2C=CC(=O)C[C@H]2c2ccc(F)cc2)c(Br)cc1Cl. The van der Waals surface area contributed by atoms with E-state index in [1.807, 2.05) is 0 Å². The first-order chi connectivity index (χ1) is 13.8. The Labute approximate surface area is 179 Å². The number of ketones is 1. The van der Waals surface area contributed by atoms with Gasteiger partial charge in [-0.3, -0.25) is 9.69 Å². The number of anilines is 1. The van der Waals surface area contributed by atoms with Crippen LogP contribution < -0.4 is 5.32 Å². The highest BCUT2D eigenvalue weighted by atomic mass is 79.9. The maximum Gasteiger partial charge on any atom is 0.339 e. The highest BCUT2D eigenvalue weighted by molar-refractivity contribution is 9.10. The lowest BCUT2D eigenvalue weighted by Crippen LogP contribution is -2.37. The van der Waals surface area contributed by atoms with E-state index in [0.29, 0.717) is 15.7 Å². The predicted octanol–water partition coefficient (Wildman–Crippen LogP) is 5.09. The van der Waals surface area contributed by atoms with Gasteiger partial charge in [-0.25, -0.2) is 14.0 Å². The van der Waals surface area contributed by atoms with Gasteiger partial charge in [0.05, 0.1) is 29.4 Å². The van der Waals surface area contributed by atoms with Crippen LogP contribution in [0.4, 0.5) is 14.9 Å². The molecule has 29 heavy (non-hydrogen) atoms. The molecule has 0 fully saturated rings. The largest absolute Gasteiger partial charge is 0.465 e. The summed E-state index contributed by atoms with van der Waals surface area (Å²) in [7, 11) is 1.22. The first kappa shape index (κ1) is 21.0. The Bertz CT molecular complexity index is 1010. The molecule has 0 radical (unpaired) electrons. The van der Waals surface area contributed by atoms with E-state index >= 15 is 0 Å². The molecule has 0 spiro atoms. The van der Waals surface area contributed by atoms with Crippen molar-refractivity contribution >= 4 is 51.0 Å². The first-order valence-corrected chi connectivity index (χ1v) is 9.60. The summed E-state index contributed by atoms with van der Waals surface area (Å²) in [6, 6.07) is 7.32. The van der Waals surface area contributed by atoms with Crippen molar-refractivity contribution in [3.8, 4) is 0 Å². The number of nitrogens with one attached hydrogen (secondary N) is 1. The molecule has 0 aromatic heterocycles. The van der Waals surface area contributed by atoms with Crippen LogP contribution in [0.3, 0.4) is 0 Å². The number of hydrogen-bond donors (Lipinski definition) is 1. The standard InChI is InChI=1S/C20H15BrClFN2O4/c1-29-19(27)14-9-17(15(21)10-16(14)22)24-20(28)25-7-6-13(26)8-18(25)11-2-4-12(23)5-3-11/h2-7,9-10,18H,8H2,1H3,(H,24,28)/t18-/m0/s1. The van der Waals surface area contributed by atoms with E-state index in [9.17, 15) is 18.8 Å². The Hall–Kier alpha value is -2.71. The Balaban J connectivity index is 1.90. The van der Waals surface area contributed by atoms with Gasteiger partial charge in [0.1, 0.15) is 5.82 Å². The van der Waals surface area contributed by atoms with Crippen molar-refractivity contribution < 1.29 is 23.5 Å². The zero-order valence-corrected chi connectivity index (χ0v) is 17.5. The van der Waals surface area contributed by atoms with Gasteiger partial charge in [0.25, 0.3) is 0 Å². The summed E-state index contributed by atoms with van der Waals surface area (Å²) < 4.78 is 18.4. The van der Waals surface area contributed by atoms with Crippen molar-refractivity contribution in [2.24, 2.45) is 0 Å². The fourth-order valence-electron chi connectivity index (χ4n) is 2.89. The molecule has 0 unspecified atom stereocenters. The summed E-state index contributed by atoms with van der Waals surface area (Å²) in [6.07, 6.45) is 2.74. The zero-order valence-electron chi connectivity index (χ0n) is 15.1. The number of ether oxygens (including phenoxy) is 1. The van der Waals surface area contributed by atoms with Crippen molar-refractivity contribution in [2.75, 3.05) is 12.4 Å². The number of carbonyl (C=O) groups is 3. The van der Waals surface area contributed by atoms with Gasteiger partial charge < -0.3 is 10.1 Å². The van der Waals surface area contributed by atoms with Crippen LogP contribution in [0, 0.1) is 5.82 Å². The summed E-state index contributed by atoms with van der Waals surface area (Å²) >= 11 is 9.36. The molecule has 1 atom stereocenters. The maximum absolute atomic E-state index is 13.3. The van der Waals surface area contributed by atoms with Crippen LogP contribution in [0.2, 0.25) is 5.02 Å². The smallest absolute Gasteiger partial charge is 0.339 e. The van der Waals surface area contributed by atoms with Gasteiger partial charge in [0.15, 0.2) is 5.78 Å². The molecule has 1 aliphatic rings.